The van der Waals surface area contributed by atoms with E-state index in [1.807, 2.05) is 6.92 Å². The van der Waals surface area contributed by atoms with E-state index in [-0.39, 0.29) is 21.5 Å². The van der Waals surface area contributed by atoms with E-state index in [1.54, 1.807) is 12.1 Å². The predicted octanol–water partition coefficient (Wildman–Crippen LogP) is 4.71. The molecule has 0 saturated heterocycles. The number of halogens is 1. The van der Waals surface area contributed by atoms with Gasteiger partial charge in [0, 0.05) is 17.3 Å². The Morgan fingerprint density at radius 1 is 1.09 bits per heavy atom. The van der Waals surface area contributed by atoms with Gasteiger partial charge < -0.3 is 14.8 Å². The van der Waals surface area contributed by atoms with Crippen LogP contribution in [0.4, 0.5) is 5.69 Å². The van der Waals surface area contributed by atoms with Crippen molar-refractivity contribution in [2.24, 2.45) is 17.8 Å². The van der Waals surface area contributed by atoms with Gasteiger partial charge in [-0.15, -0.1) is 0 Å². The fraction of sp³-hybridized carbons (Fsp3) is 0.458. The number of benzene rings is 2. The summed E-state index contributed by atoms with van der Waals surface area (Å²) in [5, 5.41) is 3.00. The number of nitrogens with one attached hydrogen (secondary N) is 2. The SMILES string of the molecule is COc1cc(C(=O)Nc2ccc(S(=O)(=O)NC(C)C3CC4CCC3C4)cc2)cc(Cl)c1OC. The number of methoxy groups -OCH3 is 2. The van der Waals surface area contributed by atoms with E-state index < -0.39 is 15.9 Å². The quantitative estimate of drug-likeness (QED) is 0.556. The van der Waals surface area contributed by atoms with E-state index in [2.05, 4.69) is 10.0 Å². The third-order valence-electron chi connectivity index (χ3n) is 6.89. The van der Waals surface area contributed by atoms with Crippen molar-refractivity contribution in [2.75, 3.05) is 19.5 Å². The number of amides is 1. The van der Waals surface area contributed by atoms with Crippen LogP contribution < -0.4 is 19.5 Å². The number of carbonyl (C=O) groups excluding carboxylic acids is 1. The van der Waals surface area contributed by atoms with E-state index in [9.17, 15) is 13.2 Å². The molecule has 33 heavy (non-hydrogen) atoms. The van der Waals surface area contributed by atoms with Gasteiger partial charge in [-0.3, -0.25) is 4.79 Å². The summed E-state index contributed by atoms with van der Waals surface area (Å²) < 4.78 is 39.1. The predicted molar refractivity (Wildman–Crippen MR) is 128 cm³/mol. The van der Waals surface area contributed by atoms with E-state index >= 15 is 0 Å². The van der Waals surface area contributed by atoms with Crippen molar-refractivity contribution < 1.29 is 22.7 Å². The minimum Gasteiger partial charge on any atom is -0.493 e. The zero-order valence-electron chi connectivity index (χ0n) is 18.9. The highest BCUT2D eigenvalue weighted by molar-refractivity contribution is 7.89. The van der Waals surface area contributed by atoms with Crippen LogP contribution in [0, 0.1) is 17.8 Å². The van der Waals surface area contributed by atoms with Crippen molar-refractivity contribution in [3.05, 3.63) is 47.0 Å². The summed E-state index contributed by atoms with van der Waals surface area (Å²) in [6.07, 6.45) is 4.83. The third kappa shape index (κ3) is 4.98. The molecular weight excluding hydrogens is 464 g/mol. The van der Waals surface area contributed by atoms with Crippen LogP contribution in [0.2, 0.25) is 5.02 Å². The van der Waals surface area contributed by atoms with Gasteiger partial charge in [-0.25, -0.2) is 13.1 Å². The van der Waals surface area contributed by atoms with Gasteiger partial charge in [0.25, 0.3) is 5.91 Å². The van der Waals surface area contributed by atoms with E-state index in [0.717, 1.165) is 12.3 Å². The van der Waals surface area contributed by atoms with Crippen molar-refractivity contribution in [1.82, 2.24) is 4.72 Å². The van der Waals surface area contributed by atoms with Crippen molar-refractivity contribution in [1.29, 1.82) is 0 Å². The molecule has 2 aliphatic carbocycles. The summed E-state index contributed by atoms with van der Waals surface area (Å²) in [4.78, 5) is 12.8. The molecule has 2 saturated carbocycles. The lowest BCUT2D eigenvalue weighted by Gasteiger charge is -2.28. The Bertz CT molecular complexity index is 1140. The Morgan fingerprint density at radius 3 is 2.39 bits per heavy atom. The second kappa shape index (κ2) is 9.52. The topological polar surface area (TPSA) is 93.7 Å². The smallest absolute Gasteiger partial charge is 0.255 e. The molecule has 2 fully saturated rings. The largest absolute Gasteiger partial charge is 0.493 e. The summed E-state index contributed by atoms with van der Waals surface area (Å²) in [5.74, 6) is 2.08. The van der Waals surface area contributed by atoms with Crippen molar-refractivity contribution >= 4 is 33.2 Å². The molecule has 2 bridgehead atoms. The van der Waals surface area contributed by atoms with E-state index in [0.29, 0.717) is 29.0 Å². The maximum absolute atomic E-state index is 12.9. The van der Waals surface area contributed by atoms with Gasteiger partial charge in [-0.05, 0) is 80.3 Å². The number of carbonyl (C=O) groups is 1. The summed E-state index contributed by atoms with van der Waals surface area (Å²) in [5.41, 5.74) is 0.752. The maximum Gasteiger partial charge on any atom is 0.255 e. The van der Waals surface area contributed by atoms with E-state index in [1.165, 1.54) is 57.7 Å². The van der Waals surface area contributed by atoms with E-state index in [4.69, 9.17) is 21.1 Å². The van der Waals surface area contributed by atoms with Gasteiger partial charge in [0.1, 0.15) is 0 Å². The van der Waals surface area contributed by atoms with Crippen molar-refractivity contribution in [2.45, 2.75) is 43.5 Å². The van der Waals surface area contributed by atoms with Crippen LogP contribution in [-0.2, 0) is 10.0 Å². The molecule has 4 atom stereocenters. The molecule has 2 N–H and O–H groups in total. The highest BCUT2D eigenvalue weighted by Crippen LogP contribution is 2.49. The zero-order chi connectivity index (χ0) is 23.8. The molecule has 178 valence electrons. The molecule has 0 radical (unpaired) electrons. The Labute approximate surface area is 199 Å². The molecule has 2 aromatic carbocycles. The second-order valence-corrected chi connectivity index (χ2v) is 11.0. The molecule has 9 heteroatoms. The average molecular weight is 493 g/mol. The molecule has 0 aliphatic heterocycles. The number of hydrogen-bond donors (Lipinski definition) is 2. The first kappa shape index (κ1) is 23.9. The Balaban J connectivity index is 1.42. The summed E-state index contributed by atoms with van der Waals surface area (Å²) in [7, 11) is -0.720. The first-order chi connectivity index (χ1) is 15.7. The summed E-state index contributed by atoms with van der Waals surface area (Å²) >= 11 is 6.18. The Kier molecular flexibility index (Phi) is 6.88. The maximum atomic E-state index is 12.9. The molecular formula is C24H29ClN2O5S. The van der Waals surface area contributed by atoms with Gasteiger partial charge in [-0.1, -0.05) is 18.0 Å². The van der Waals surface area contributed by atoms with Crippen LogP contribution in [-0.4, -0.2) is 34.6 Å². The highest BCUT2D eigenvalue weighted by Gasteiger charge is 2.42. The Morgan fingerprint density at radius 2 is 1.82 bits per heavy atom. The molecule has 2 aliphatic rings. The number of ether oxygens (including phenoxy) is 2. The third-order valence-corrected chi connectivity index (χ3v) is 8.75. The monoisotopic (exact) mass is 492 g/mol. The minimum absolute atomic E-state index is 0.0977. The van der Waals surface area contributed by atoms with Crippen LogP contribution in [0.5, 0.6) is 11.5 Å². The fourth-order valence-corrected chi connectivity index (χ4v) is 6.86. The first-order valence-electron chi connectivity index (χ1n) is 11.1. The lowest BCUT2D eigenvalue weighted by molar-refractivity contribution is 0.102. The molecule has 7 nitrogen and oxygen atoms in total. The molecule has 0 aromatic heterocycles. The summed E-state index contributed by atoms with van der Waals surface area (Å²) in [6.45, 7) is 1.96. The number of anilines is 1. The van der Waals surface area contributed by atoms with Gasteiger partial charge in [0.2, 0.25) is 10.0 Å². The number of rotatable bonds is 8. The summed E-state index contributed by atoms with van der Waals surface area (Å²) in [6, 6.07) is 9.03. The van der Waals surface area contributed by atoms with Crippen molar-refractivity contribution in [3.63, 3.8) is 0 Å². The lowest BCUT2D eigenvalue weighted by atomic mass is 9.84. The van der Waals surface area contributed by atoms with Gasteiger partial charge in [0.05, 0.1) is 24.1 Å². The Hall–Kier alpha value is -2.29. The number of fused-ring (bicyclic) bond motifs is 2. The minimum atomic E-state index is -3.64. The standard InChI is InChI=1S/C24H29ClN2O5S/c1-14(20-11-15-4-5-16(20)10-15)27-33(29,30)19-8-6-18(7-9-19)26-24(28)17-12-21(25)23(32-3)22(13-17)31-2/h6-9,12-16,20,27H,4-5,10-11H2,1-3H3,(H,26,28). The van der Waals surface area contributed by atoms with Gasteiger partial charge in [-0.2, -0.15) is 0 Å². The van der Waals surface area contributed by atoms with Crippen LogP contribution in [0.3, 0.4) is 0 Å². The van der Waals surface area contributed by atoms with Crippen molar-refractivity contribution in [3.8, 4) is 11.5 Å². The fourth-order valence-electron chi connectivity index (χ4n) is 5.28. The van der Waals surface area contributed by atoms with Crippen LogP contribution in [0.25, 0.3) is 0 Å². The molecule has 0 heterocycles. The average Bonchev–Trinajstić information content (AvgIpc) is 3.42. The molecule has 4 unspecified atom stereocenters. The van der Waals surface area contributed by atoms with Crippen LogP contribution >= 0.6 is 11.6 Å². The van der Waals surface area contributed by atoms with Gasteiger partial charge >= 0.3 is 0 Å². The number of hydrogen-bond acceptors (Lipinski definition) is 5. The van der Waals surface area contributed by atoms with Gasteiger partial charge in [0.15, 0.2) is 11.5 Å². The zero-order valence-corrected chi connectivity index (χ0v) is 20.5. The highest BCUT2D eigenvalue weighted by atomic mass is 35.5. The number of sulfonamides is 1. The molecule has 2 aromatic rings. The lowest BCUT2D eigenvalue weighted by Crippen LogP contribution is -2.40. The second-order valence-electron chi connectivity index (χ2n) is 8.92. The molecule has 1 amide bonds. The first-order valence-corrected chi connectivity index (χ1v) is 12.9. The van der Waals surface area contributed by atoms with Crippen LogP contribution in [0.15, 0.2) is 41.3 Å². The molecule has 4 rings (SSSR count). The van der Waals surface area contributed by atoms with Crippen LogP contribution in [0.1, 0.15) is 43.0 Å². The normalized spacial score (nSPS) is 22.7. The molecule has 0 spiro atoms.